The third-order valence-electron chi connectivity index (χ3n) is 4.68. The highest BCUT2D eigenvalue weighted by Gasteiger charge is 2.26. The summed E-state index contributed by atoms with van der Waals surface area (Å²) in [6.07, 6.45) is 11.8. The van der Waals surface area contributed by atoms with E-state index >= 15 is 0 Å². The van der Waals surface area contributed by atoms with E-state index in [2.05, 4.69) is 28.1 Å². The fraction of sp³-hybridized carbons (Fsp3) is 0.842. The molecule has 150 valence electrons. The molecule has 26 heavy (non-hydrogen) atoms. The molecule has 1 heterocycles. The molecule has 1 aromatic rings. The number of nitrogens with zero attached hydrogens (tertiary/aromatic N) is 2. The Balaban J connectivity index is 1.81. The largest absolute Gasteiger partial charge is 0.465 e. The van der Waals surface area contributed by atoms with E-state index in [4.69, 9.17) is 4.74 Å². The van der Waals surface area contributed by atoms with Crippen LogP contribution in [-0.2, 0) is 9.53 Å². The minimum Gasteiger partial charge on any atom is -0.465 e. The molecule has 0 aliphatic heterocycles. The van der Waals surface area contributed by atoms with Crippen LogP contribution in [0.2, 0.25) is 0 Å². The van der Waals surface area contributed by atoms with Gasteiger partial charge in [0.05, 0.1) is 12.0 Å². The van der Waals surface area contributed by atoms with Crippen LogP contribution in [0.4, 0.5) is 5.13 Å². The Bertz CT molecular complexity index is 507. The molecule has 0 aliphatic carbocycles. The minimum atomic E-state index is -0.345. The number of carbonyl (C=O) groups excluding carboxylic acids is 1. The van der Waals surface area contributed by atoms with Crippen LogP contribution in [0.1, 0.15) is 85.0 Å². The van der Waals surface area contributed by atoms with Crippen LogP contribution in [0.15, 0.2) is 4.34 Å². The minimum absolute atomic E-state index is 0.0633. The van der Waals surface area contributed by atoms with E-state index in [1.165, 1.54) is 56.3 Å². The van der Waals surface area contributed by atoms with Crippen LogP contribution in [0.3, 0.4) is 0 Å². The van der Waals surface area contributed by atoms with Gasteiger partial charge in [0.2, 0.25) is 5.13 Å². The number of hydrogen-bond donors (Lipinski definition) is 2. The lowest BCUT2D eigenvalue weighted by Crippen LogP contribution is -2.26. The Morgan fingerprint density at radius 1 is 1.04 bits per heavy atom. The molecule has 0 aromatic carbocycles. The number of esters is 1. The number of carbonyl (C=O) groups is 1. The SMILES string of the molecule is CCC(C)(C)C(=O)OCCCCCCCCCCCNc1nnc(S)s1. The lowest BCUT2D eigenvalue weighted by molar-refractivity contribution is -0.154. The Morgan fingerprint density at radius 2 is 1.62 bits per heavy atom. The summed E-state index contributed by atoms with van der Waals surface area (Å²) in [5.74, 6) is -0.0633. The predicted molar refractivity (Wildman–Crippen MR) is 112 cm³/mol. The summed E-state index contributed by atoms with van der Waals surface area (Å²) in [5.41, 5.74) is -0.345. The molecule has 0 radical (unpaired) electrons. The summed E-state index contributed by atoms with van der Waals surface area (Å²) in [6.45, 7) is 7.43. The summed E-state index contributed by atoms with van der Waals surface area (Å²) in [4.78, 5) is 11.8. The second kappa shape index (κ2) is 13.4. The van der Waals surface area contributed by atoms with E-state index in [-0.39, 0.29) is 11.4 Å². The Kier molecular flexibility index (Phi) is 11.9. The summed E-state index contributed by atoms with van der Waals surface area (Å²) < 4.78 is 6.06. The van der Waals surface area contributed by atoms with Gasteiger partial charge in [0.1, 0.15) is 0 Å². The van der Waals surface area contributed by atoms with Gasteiger partial charge in [-0.15, -0.1) is 22.8 Å². The molecule has 1 rings (SSSR count). The molecule has 0 saturated carbocycles. The van der Waals surface area contributed by atoms with Crippen LogP contribution in [-0.4, -0.2) is 29.3 Å². The summed E-state index contributed by atoms with van der Waals surface area (Å²) >= 11 is 5.63. The van der Waals surface area contributed by atoms with Crippen LogP contribution < -0.4 is 5.32 Å². The highest BCUT2D eigenvalue weighted by molar-refractivity contribution is 7.82. The standard InChI is InChI=1S/C19H35N3O2S2/c1-4-19(2,3)16(23)24-15-13-11-9-7-5-6-8-10-12-14-20-17-21-22-18(25)26-17/h4-15H2,1-3H3,(H,20,21)(H,22,25). The van der Waals surface area contributed by atoms with Crippen LogP contribution in [0.25, 0.3) is 0 Å². The van der Waals surface area contributed by atoms with Gasteiger partial charge in [-0.2, -0.15) is 0 Å². The molecule has 0 atom stereocenters. The summed E-state index contributed by atoms with van der Waals surface area (Å²) in [7, 11) is 0. The second-order valence-corrected chi connectivity index (χ2v) is 9.08. The van der Waals surface area contributed by atoms with Gasteiger partial charge in [0, 0.05) is 6.54 Å². The first kappa shape index (κ1) is 23.2. The molecule has 0 spiro atoms. The molecule has 0 amide bonds. The highest BCUT2D eigenvalue weighted by atomic mass is 32.2. The lowest BCUT2D eigenvalue weighted by atomic mass is 9.91. The molecule has 1 N–H and O–H groups in total. The average Bonchev–Trinajstić information content (AvgIpc) is 3.03. The highest BCUT2D eigenvalue weighted by Crippen LogP contribution is 2.21. The summed E-state index contributed by atoms with van der Waals surface area (Å²) in [5, 5.41) is 12.0. The number of nitrogens with one attached hydrogen (secondary N) is 1. The maximum atomic E-state index is 11.8. The number of hydrogen-bond acceptors (Lipinski definition) is 7. The molecular weight excluding hydrogens is 366 g/mol. The number of ether oxygens (including phenoxy) is 1. The molecule has 0 bridgehead atoms. The maximum absolute atomic E-state index is 11.8. The number of rotatable bonds is 15. The van der Waals surface area contributed by atoms with Crippen molar-refractivity contribution in [3.8, 4) is 0 Å². The first-order valence-corrected chi connectivity index (χ1v) is 11.2. The maximum Gasteiger partial charge on any atom is 0.311 e. The van der Waals surface area contributed by atoms with Gasteiger partial charge in [-0.1, -0.05) is 63.2 Å². The Morgan fingerprint density at radius 3 is 2.15 bits per heavy atom. The zero-order valence-corrected chi connectivity index (χ0v) is 18.3. The van der Waals surface area contributed by atoms with Crippen molar-refractivity contribution in [1.29, 1.82) is 0 Å². The number of aromatic nitrogens is 2. The monoisotopic (exact) mass is 401 g/mol. The van der Waals surface area contributed by atoms with E-state index in [1.54, 1.807) is 0 Å². The predicted octanol–water partition coefficient (Wildman–Crippen LogP) is 5.73. The van der Waals surface area contributed by atoms with Crippen molar-refractivity contribution in [3.05, 3.63) is 0 Å². The van der Waals surface area contributed by atoms with Crippen molar-refractivity contribution in [2.75, 3.05) is 18.5 Å². The number of unbranched alkanes of at least 4 members (excludes halogenated alkanes) is 8. The van der Waals surface area contributed by atoms with Crippen molar-refractivity contribution in [1.82, 2.24) is 10.2 Å². The molecule has 0 unspecified atom stereocenters. The van der Waals surface area contributed by atoms with Crippen molar-refractivity contribution in [2.24, 2.45) is 5.41 Å². The quantitative estimate of drug-likeness (QED) is 0.223. The first-order valence-electron chi connectivity index (χ1n) is 9.89. The van der Waals surface area contributed by atoms with Gasteiger partial charge in [0.15, 0.2) is 4.34 Å². The molecule has 0 fully saturated rings. The molecule has 0 saturated heterocycles. The molecule has 1 aromatic heterocycles. The van der Waals surface area contributed by atoms with E-state index in [1.807, 2.05) is 20.8 Å². The smallest absolute Gasteiger partial charge is 0.311 e. The van der Waals surface area contributed by atoms with Crippen molar-refractivity contribution >= 4 is 35.1 Å². The second-order valence-electron chi connectivity index (χ2n) is 7.37. The number of anilines is 1. The average molecular weight is 402 g/mol. The van der Waals surface area contributed by atoms with E-state index in [0.717, 1.165) is 30.9 Å². The van der Waals surface area contributed by atoms with Gasteiger partial charge < -0.3 is 10.1 Å². The Labute approximate surface area is 168 Å². The van der Waals surface area contributed by atoms with Crippen molar-refractivity contribution in [2.45, 2.75) is 89.3 Å². The van der Waals surface area contributed by atoms with Gasteiger partial charge in [-0.25, -0.2) is 0 Å². The fourth-order valence-electron chi connectivity index (χ4n) is 2.45. The van der Waals surface area contributed by atoms with Crippen LogP contribution >= 0.6 is 24.0 Å². The third-order valence-corrected chi connectivity index (χ3v) is 5.73. The normalized spacial score (nSPS) is 11.5. The molecule has 5 nitrogen and oxygen atoms in total. The van der Waals surface area contributed by atoms with Gasteiger partial charge >= 0.3 is 5.97 Å². The molecular formula is C19H35N3O2S2. The molecule has 7 heteroatoms. The Hall–Kier alpha value is -0.820. The van der Waals surface area contributed by atoms with Crippen molar-refractivity contribution in [3.63, 3.8) is 0 Å². The number of thiol groups is 1. The van der Waals surface area contributed by atoms with Crippen LogP contribution in [0, 0.1) is 5.41 Å². The third kappa shape index (κ3) is 10.4. The first-order chi connectivity index (χ1) is 12.5. The fourth-order valence-corrected chi connectivity index (χ4v) is 3.27. The van der Waals surface area contributed by atoms with Gasteiger partial charge in [-0.3, -0.25) is 4.79 Å². The summed E-state index contributed by atoms with van der Waals surface area (Å²) in [6, 6.07) is 0. The zero-order valence-electron chi connectivity index (χ0n) is 16.6. The van der Waals surface area contributed by atoms with E-state index in [9.17, 15) is 4.79 Å². The van der Waals surface area contributed by atoms with Crippen molar-refractivity contribution < 1.29 is 9.53 Å². The van der Waals surface area contributed by atoms with E-state index < -0.39 is 0 Å². The van der Waals surface area contributed by atoms with Crippen LogP contribution in [0.5, 0.6) is 0 Å². The van der Waals surface area contributed by atoms with Gasteiger partial charge in [0.25, 0.3) is 0 Å². The van der Waals surface area contributed by atoms with E-state index in [0.29, 0.717) is 10.9 Å². The topological polar surface area (TPSA) is 64.1 Å². The molecule has 0 aliphatic rings. The lowest BCUT2D eigenvalue weighted by Gasteiger charge is -2.20. The zero-order chi connectivity index (χ0) is 19.3. The van der Waals surface area contributed by atoms with Gasteiger partial charge in [-0.05, 0) is 33.1 Å².